The van der Waals surface area contributed by atoms with Crippen LogP contribution in [0.2, 0.25) is 0 Å². The molecule has 0 heteroatoms. The summed E-state index contributed by atoms with van der Waals surface area (Å²) in [7, 11) is 0. The molecule has 0 bridgehead atoms. The van der Waals surface area contributed by atoms with Gasteiger partial charge >= 0.3 is 0 Å². The first-order valence-corrected chi connectivity index (χ1v) is 12.6. The number of hydrogen-bond donors (Lipinski definition) is 0. The van der Waals surface area contributed by atoms with E-state index in [1.807, 2.05) is 0 Å². The number of fused-ring (bicyclic) bond motifs is 2. The van der Waals surface area contributed by atoms with Gasteiger partial charge in [-0.05, 0) is 82.6 Å². The third-order valence-electron chi connectivity index (χ3n) is 6.98. The lowest BCUT2D eigenvalue weighted by molar-refractivity contribution is 1.46. The molecule has 0 saturated heterocycles. The molecule has 6 rings (SSSR count). The fourth-order valence-corrected chi connectivity index (χ4v) is 4.95. The zero-order valence-electron chi connectivity index (χ0n) is 21.5. The molecule has 6 aromatic rings. The van der Waals surface area contributed by atoms with Gasteiger partial charge in [0.2, 0.25) is 0 Å². The Morgan fingerprint density at radius 2 is 0.833 bits per heavy atom. The van der Waals surface area contributed by atoms with Crippen LogP contribution in [0.3, 0.4) is 0 Å². The van der Waals surface area contributed by atoms with Crippen LogP contribution in [-0.2, 0) is 0 Å². The minimum Gasteiger partial charge on any atom is -0.0616 e. The van der Waals surface area contributed by atoms with Gasteiger partial charge in [0.25, 0.3) is 0 Å². The molecular weight excluding hydrogens is 432 g/mol. The molecule has 0 nitrogen and oxygen atoms in total. The van der Waals surface area contributed by atoms with Gasteiger partial charge in [-0.15, -0.1) is 0 Å². The highest BCUT2D eigenvalue weighted by Crippen LogP contribution is 2.32. The molecule has 0 amide bonds. The summed E-state index contributed by atoms with van der Waals surface area (Å²) in [6, 6.07) is 43.5. The molecule has 0 aliphatic heterocycles. The van der Waals surface area contributed by atoms with E-state index < -0.39 is 0 Å². The van der Waals surface area contributed by atoms with Gasteiger partial charge < -0.3 is 0 Å². The smallest absolute Gasteiger partial charge is 0.0103 e. The van der Waals surface area contributed by atoms with Gasteiger partial charge in [-0.2, -0.15) is 0 Å². The van der Waals surface area contributed by atoms with E-state index in [2.05, 4.69) is 149 Å². The first-order chi connectivity index (χ1) is 17.5. The quantitative estimate of drug-likeness (QED) is 0.239. The molecule has 0 atom stereocenters. The Kier molecular flexibility index (Phi) is 6.69. The first kappa shape index (κ1) is 23.6. The Morgan fingerprint density at radius 1 is 0.333 bits per heavy atom. The van der Waals surface area contributed by atoms with Crippen molar-refractivity contribution in [3.63, 3.8) is 0 Å². The van der Waals surface area contributed by atoms with Crippen LogP contribution in [0, 0.1) is 27.7 Å². The molecule has 0 aromatic heterocycles. The number of hydrogen-bond acceptors (Lipinski definition) is 0. The van der Waals surface area contributed by atoms with Crippen LogP contribution in [0.15, 0.2) is 121 Å². The lowest BCUT2D eigenvalue weighted by Gasteiger charge is -2.09. The zero-order chi connectivity index (χ0) is 25.1. The third kappa shape index (κ3) is 4.81. The fourth-order valence-electron chi connectivity index (χ4n) is 4.95. The summed E-state index contributed by atoms with van der Waals surface area (Å²) in [4.78, 5) is 0. The Balaban J connectivity index is 0.000000148. The molecule has 0 radical (unpaired) electrons. The van der Waals surface area contributed by atoms with Crippen LogP contribution in [-0.4, -0.2) is 0 Å². The summed E-state index contributed by atoms with van der Waals surface area (Å²) >= 11 is 0. The van der Waals surface area contributed by atoms with E-state index in [1.165, 1.54) is 66.1 Å². The van der Waals surface area contributed by atoms with Crippen molar-refractivity contribution in [1.29, 1.82) is 0 Å². The lowest BCUT2D eigenvalue weighted by Crippen LogP contribution is -1.85. The van der Waals surface area contributed by atoms with Crippen LogP contribution in [0.5, 0.6) is 0 Å². The van der Waals surface area contributed by atoms with Crippen molar-refractivity contribution in [2.45, 2.75) is 27.7 Å². The van der Waals surface area contributed by atoms with Crippen LogP contribution < -0.4 is 0 Å². The molecule has 0 aliphatic carbocycles. The summed E-state index contributed by atoms with van der Waals surface area (Å²) in [6.45, 7) is 8.60. The summed E-state index contributed by atoms with van der Waals surface area (Å²) < 4.78 is 0. The third-order valence-corrected chi connectivity index (χ3v) is 6.98. The van der Waals surface area contributed by atoms with Gasteiger partial charge in [0.1, 0.15) is 0 Å². The SMILES string of the molecule is Cc1ccc(-c2ccc(C)c3ccccc23)cc1.Cc1cccc(-c2ccc(C)c3ccccc23)c1. The van der Waals surface area contributed by atoms with E-state index in [4.69, 9.17) is 0 Å². The average molecular weight is 465 g/mol. The van der Waals surface area contributed by atoms with E-state index in [0.29, 0.717) is 0 Å². The highest BCUT2D eigenvalue weighted by Gasteiger charge is 2.06. The van der Waals surface area contributed by atoms with Crippen LogP contribution in [0.4, 0.5) is 0 Å². The second kappa shape index (κ2) is 10.2. The van der Waals surface area contributed by atoms with Crippen LogP contribution in [0.1, 0.15) is 22.3 Å². The number of benzene rings is 6. The van der Waals surface area contributed by atoms with Gasteiger partial charge in [0, 0.05) is 0 Å². The fraction of sp³-hybridized carbons (Fsp3) is 0.111. The van der Waals surface area contributed by atoms with Crippen LogP contribution in [0.25, 0.3) is 43.8 Å². The highest BCUT2D eigenvalue weighted by molar-refractivity contribution is 5.99. The summed E-state index contributed by atoms with van der Waals surface area (Å²) in [5, 5.41) is 5.36. The van der Waals surface area contributed by atoms with E-state index >= 15 is 0 Å². The largest absolute Gasteiger partial charge is 0.0616 e. The van der Waals surface area contributed by atoms with E-state index in [9.17, 15) is 0 Å². The summed E-state index contributed by atoms with van der Waals surface area (Å²) in [6.07, 6.45) is 0. The van der Waals surface area contributed by atoms with E-state index in [0.717, 1.165) is 0 Å². The lowest BCUT2D eigenvalue weighted by atomic mass is 9.95. The van der Waals surface area contributed by atoms with Crippen molar-refractivity contribution in [2.75, 3.05) is 0 Å². The normalized spacial score (nSPS) is 10.8. The van der Waals surface area contributed by atoms with Gasteiger partial charge in [-0.25, -0.2) is 0 Å². The predicted octanol–water partition coefficient (Wildman–Crippen LogP) is 10.2. The topological polar surface area (TPSA) is 0 Å². The van der Waals surface area contributed by atoms with E-state index in [-0.39, 0.29) is 0 Å². The average Bonchev–Trinajstić information content (AvgIpc) is 2.91. The predicted molar refractivity (Wildman–Crippen MR) is 158 cm³/mol. The minimum atomic E-state index is 1.29. The highest BCUT2D eigenvalue weighted by atomic mass is 14.1. The maximum absolute atomic E-state index is 2.25. The Labute approximate surface area is 214 Å². The van der Waals surface area contributed by atoms with Gasteiger partial charge in [0.05, 0.1) is 0 Å². The molecule has 0 N–H and O–H groups in total. The Morgan fingerprint density at radius 3 is 1.36 bits per heavy atom. The standard InChI is InChI=1S/2C18H16/c1-13-6-5-7-15(12-13)17-11-10-14(2)16-8-3-4-9-18(16)17;1-13-7-10-15(11-8-13)17-12-9-14(2)16-5-3-4-6-18(16)17/h2*3-12H,1-2H3. The number of aryl methyl sites for hydroxylation is 4. The van der Waals surface area contributed by atoms with Crippen molar-refractivity contribution in [3.8, 4) is 22.3 Å². The molecule has 36 heavy (non-hydrogen) atoms. The number of rotatable bonds is 2. The van der Waals surface area contributed by atoms with Gasteiger partial charge in [-0.3, -0.25) is 0 Å². The van der Waals surface area contributed by atoms with Gasteiger partial charge in [0.15, 0.2) is 0 Å². The molecule has 0 saturated carbocycles. The zero-order valence-corrected chi connectivity index (χ0v) is 21.5. The monoisotopic (exact) mass is 464 g/mol. The van der Waals surface area contributed by atoms with Crippen molar-refractivity contribution in [3.05, 3.63) is 144 Å². The minimum absolute atomic E-state index is 1.29. The molecule has 0 unspecified atom stereocenters. The van der Waals surface area contributed by atoms with E-state index in [1.54, 1.807) is 0 Å². The first-order valence-electron chi connectivity index (χ1n) is 12.6. The maximum atomic E-state index is 2.25. The second-order valence-electron chi connectivity index (χ2n) is 9.69. The molecule has 0 aliphatic rings. The van der Waals surface area contributed by atoms with Crippen molar-refractivity contribution in [2.24, 2.45) is 0 Å². The molecular formula is C36H32. The molecule has 0 spiro atoms. The van der Waals surface area contributed by atoms with Gasteiger partial charge in [-0.1, -0.05) is 132 Å². The molecule has 0 heterocycles. The Hall–Kier alpha value is -4.16. The Bertz CT molecular complexity index is 1650. The molecule has 0 fully saturated rings. The summed E-state index contributed by atoms with van der Waals surface area (Å²) in [5.74, 6) is 0. The summed E-state index contributed by atoms with van der Waals surface area (Å²) in [5.41, 5.74) is 10.5. The molecule has 176 valence electrons. The maximum Gasteiger partial charge on any atom is -0.0103 e. The van der Waals surface area contributed by atoms with Crippen LogP contribution >= 0.6 is 0 Å². The van der Waals surface area contributed by atoms with Crippen molar-refractivity contribution < 1.29 is 0 Å². The second-order valence-corrected chi connectivity index (χ2v) is 9.69. The van der Waals surface area contributed by atoms with Crippen molar-refractivity contribution >= 4 is 21.5 Å². The van der Waals surface area contributed by atoms with Crippen molar-refractivity contribution in [1.82, 2.24) is 0 Å². The molecule has 6 aromatic carbocycles.